The Hall–Kier alpha value is -1.48. The minimum absolute atomic E-state index is 0.645. The van der Waals surface area contributed by atoms with Crippen LogP contribution in [0.4, 0.5) is 23.0 Å². The van der Waals surface area contributed by atoms with E-state index in [0.29, 0.717) is 11.6 Å². The summed E-state index contributed by atoms with van der Waals surface area (Å²) in [6.07, 6.45) is 0. The van der Waals surface area contributed by atoms with E-state index < -0.39 is 0 Å². The standard InChI is InChI=1S/C20H12Br4N4/c21-13-7-5-11(9-15(13)23)25-19-20(26-12-6-8-14(22)16(24)10-12)28-18-4-2-1-3-17(18)27-19/h1-10H,(H,25,27)(H,26,28). The van der Waals surface area contributed by atoms with E-state index in [1.165, 1.54) is 0 Å². The minimum atomic E-state index is 0.645. The summed E-state index contributed by atoms with van der Waals surface area (Å²) in [6.45, 7) is 0. The molecule has 4 rings (SSSR count). The minimum Gasteiger partial charge on any atom is -0.337 e. The summed E-state index contributed by atoms with van der Waals surface area (Å²) in [6, 6.07) is 19.7. The highest BCUT2D eigenvalue weighted by atomic mass is 79.9. The summed E-state index contributed by atoms with van der Waals surface area (Å²) in [7, 11) is 0. The third-order valence-corrected chi connectivity index (χ3v) is 7.69. The number of anilines is 4. The molecule has 28 heavy (non-hydrogen) atoms. The van der Waals surface area contributed by atoms with Crippen molar-refractivity contribution in [2.75, 3.05) is 10.6 Å². The van der Waals surface area contributed by atoms with Crippen molar-refractivity contribution in [1.82, 2.24) is 9.97 Å². The highest BCUT2D eigenvalue weighted by molar-refractivity contribution is 9.13. The molecule has 1 aromatic heterocycles. The van der Waals surface area contributed by atoms with Crippen molar-refractivity contribution >= 4 is 97.8 Å². The smallest absolute Gasteiger partial charge is 0.174 e. The lowest BCUT2D eigenvalue weighted by Crippen LogP contribution is -2.03. The van der Waals surface area contributed by atoms with Gasteiger partial charge in [0.15, 0.2) is 11.6 Å². The molecule has 0 radical (unpaired) electrons. The Labute approximate surface area is 195 Å². The van der Waals surface area contributed by atoms with Gasteiger partial charge in [-0.25, -0.2) is 9.97 Å². The molecule has 0 amide bonds. The molecule has 4 nitrogen and oxygen atoms in total. The van der Waals surface area contributed by atoms with Crippen LogP contribution in [-0.2, 0) is 0 Å². The van der Waals surface area contributed by atoms with Gasteiger partial charge >= 0.3 is 0 Å². The van der Waals surface area contributed by atoms with Crippen LogP contribution in [0, 0.1) is 0 Å². The van der Waals surface area contributed by atoms with Crippen molar-refractivity contribution < 1.29 is 0 Å². The largest absolute Gasteiger partial charge is 0.337 e. The van der Waals surface area contributed by atoms with Gasteiger partial charge in [-0.1, -0.05) is 12.1 Å². The molecule has 0 unspecified atom stereocenters. The van der Waals surface area contributed by atoms with Crippen LogP contribution in [0.15, 0.2) is 78.6 Å². The molecule has 3 aromatic carbocycles. The fourth-order valence-electron chi connectivity index (χ4n) is 2.60. The Balaban J connectivity index is 1.77. The van der Waals surface area contributed by atoms with E-state index in [0.717, 1.165) is 40.3 Å². The third-order valence-electron chi connectivity index (χ3n) is 3.94. The number of nitrogens with one attached hydrogen (secondary N) is 2. The van der Waals surface area contributed by atoms with Gasteiger partial charge in [0, 0.05) is 29.3 Å². The van der Waals surface area contributed by atoms with Crippen LogP contribution in [0.1, 0.15) is 0 Å². The first-order valence-electron chi connectivity index (χ1n) is 8.20. The fraction of sp³-hybridized carbons (Fsp3) is 0. The van der Waals surface area contributed by atoms with Gasteiger partial charge in [-0.3, -0.25) is 0 Å². The molecule has 0 aliphatic heterocycles. The zero-order valence-corrected chi connectivity index (χ0v) is 20.5. The first-order valence-corrected chi connectivity index (χ1v) is 11.4. The maximum Gasteiger partial charge on any atom is 0.174 e. The number of hydrogen-bond donors (Lipinski definition) is 2. The maximum absolute atomic E-state index is 4.77. The Morgan fingerprint density at radius 1 is 0.536 bits per heavy atom. The number of benzene rings is 3. The van der Waals surface area contributed by atoms with Gasteiger partial charge in [-0.2, -0.15) is 0 Å². The zero-order valence-electron chi connectivity index (χ0n) is 14.2. The Morgan fingerprint density at radius 3 is 1.36 bits per heavy atom. The summed E-state index contributed by atoms with van der Waals surface area (Å²) < 4.78 is 3.89. The monoisotopic (exact) mass is 624 g/mol. The number of para-hydroxylation sites is 2. The SMILES string of the molecule is Brc1ccc(Nc2nc3ccccc3nc2Nc2ccc(Br)c(Br)c2)cc1Br. The lowest BCUT2D eigenvalue weighted by atomic mass is 10.3. The van der Waals surface area contributed by atoms with Crippen molar-refractivity contribution in [2.24, 2.45) is 0 Å². The predicted molar refractivity (Wildman–Crippen MR) is 130 cm³/mol. The molecule has 0 saturated carbocycles. The average molecular weight is 628 g/mol. The molecule has 0 aliphatic carbocycles. The second kappa shape index (κ2) is 8.49. The lowest BCUT2D eigenvalue weighted by molar-refractivity contribution is 1.27. The first kappa shape index (κ1) is 19.8. The Bertz CT molecular complexity index is 1090. The summed E-state index contributed by atoms with van der Waals surface area (Å²) in [5, 5.41) is 6.74. The van der Waals surface area contributed by atoms with E-state index >= 15 is 0 Å². The molecule has 8 heteroatoms. The molecule has 0 fully saturated rings. The second-order valence-electron chi connectivity index (χ2n) is 5.92. The fourth-order valence-corrected chi connectivity index (χ4v) is 3.85. The van der Waals surface area contributed by atoms with Crippen molar-refractivity contribution in [3.8, 4) is 0 Å². The highest BCUT2D eigenvalue weighted by Gasteiger charge is 2.11. The zero-order chi connectivity index (χ0) is 19.7. The third kappa shape index (κ3) is 4.40. The maximum atomic E-state index is 4.77. The molecule has 0 atom stereocenters. The number of rotatable bonds is 4. The van der Waals surface area contributed by atoms with Crippen LogP contribution in [-0.4, -0.2) is 9.97 Å². The van der Waals surface area contributed by atoms with Gasteiger partial charge in [0.05, 0.1) is 11.0 Å². The molecule has 1 heterocycles. The number of fused-ring (bicyclic) bond motifs is 1. The van der Waals surface area contributed by atoms with Crippen LogP contribution in [0.3, 0.4) is 0 Å². The van der Waals surface area contributed by atoms with Crippen LogP contribution in [0.2, 0.25) is 0 Å². The van der Waals surface area contributed by atoms with Gasteiger partial charge in [-0.05, 0) is 112 Å². The molecular formula is C20H12Br4N4. The summed E-state index contributed by atoms with van der Waals surface area (Å²) in [4.78, 5) is 9.55. The van der Waals surface area contributed by atoms with E-state index in [1.54, 1.807) is 0 Å². The highest BCUT2D eigenvalue weighted by Crippen LogP contribution is 2.32. The molecule has 2 N–H and O–H groups in total. The van der Waals surface area contributed by atoms with Crippen molar-refractivity contribution in [3.05, 3.63) is 78.6 Å². The van der Waals surface area contributed by atoms with Crippen LogP contribution in [0.5, 0.6) is 0 Å². The van der Waals surface area contributed by atoms with Crippen LogP contribution >= 0.6 is 63.7 Å². The van der Waals surface area contributed by atoms with E-state index in [1.807, 2.05) is 60.7 Å². The number of halogens is 4. The van der Waals surface area contributed by atoms with Crippen molar-refractivity contribution in [1.29, 1.82) is 0 Å². The second-order valence-corrected chi connectivity index (χ2v) is 9.33. The molecule has 0 bridgehead atoms. The molecule has 4 aromatic rings. The number of nitrogens with zero attached hydrogens (tertiary/aromatic N) is 2. The lowest BCUT2D eigenvalue weighted by Gasteiger charge is -2.14. The topological polar surface area (TPSA) is 49.8 Å². The molecule has 0 saturated heterocycles. The van der Waals surface area contributed by atoms with Gasteiger partial charge in [0.1, 0.15) is 0 Å². The summed E-state index contributed by atoms with van der Waals surface area (Å²) in [5.74, 6) is 1.29. The quantitative estimate of drug-likeness (QED) is 0.240. The first-order chi connectivity index (χ1) is 13.5. The van der Waals surface area contributed by atoms with Crippen LogP contribution in [0.25, 0.3) is 11.0 Å². The Morgan fingerprint density at radius 2 is 0.964 bits per heavy atom. The van der Waals surface area contributed by atoms with E-state index in [9.17, 15) is 0 Å². The normalized spacial score (nSPS) is 10.9. The summed E-state index contributed by atoms with van der Waals surface area (Å²) in [5.41, 5.74) is 3.45. The van der Waals surface area contributed by atoms with Gasteiger partial charge < -0.3 is 10.6 Å². The van der Waals surface area contributed by atoms with Crippen molar-refractivity contribution in [2.45, 2.75) is 0 Å². The number of aromatic nitrogens is 2. The Kier molecular flexibility index (Phi) is 6.01. The van der Waals surface area contributed by atoms with E-state index in [2.05, 4.69) is 74.4 Å². The van der Waals surface area contributed by atoms with Gasteiger partial charge in [0.2, 0.25) is 0 Å². The van der Waals surface area contributed by atoms with Gasteiger partial charge in [0.25, 0.3) is 0 Å². The van der Waals surface area contributed by atoms with Crippen LogP contribution < -0.4 is 10.6 Å². The van der Waals surface area contributed by atoms with E-state index in [-0.39, 0.29) is 0 Å². The van der Waals surface area contributed by atoms with E-state index in [4.69, 9.17) is 9.97 Å². The van der Waals surface area contributed by atoms with Gasteiger partial charge in [-0.15, -0.1) is 0 Å². The molecular weight excluding hydrogens is 616 g/mol. The average Bonchev–Trinajstić information content (AvgIpc) is 2.68. The molecule has 0 spiro atoms. The van der Waals surface area contributed by atoms with Crippen molar-refractivity contribution in [3.63, 3.8) is 0 Å². The molecule has 140 valence electrons. The predicted octanol–water partition coefficient (Wildman–Crippen LogP) is 8.17. The summed E-state index contributed by atoms with van der Waals surface area (Å²) >= 11 is 14.1. The number of hydrogen-bond acceptors (Lipinski definition) is 4. The molecule has 0 aliphatic rings.